The molecule has 0 unspecified atom stereocenters. The van der Waals surface area contributed by atoms with Crippen LogP contribution in [0.4, 0.5) is 10.5 Å². The Kier molecular flexibility index (Phi) is 6.28. The number of sulfone groups is 1. The van der Waals surface area contributed by atoms with E-state index < -0.39 is 21.1 Å². The standard InChI is InChI=1S/C20H18ClN3O3S/c21-16-8-10-17(11-9-16)24-20(25)23-14-19(15-5-4-12-22-13-15)28(26,27)18-6-2-1-3-7-18/h1-13,19H,14H2,(H2,23,24,25)/t19-/m0/s1. The number of urea groups is 1. The van der Waals surface area contributed by atoms with Crippen LogP contribution in [0.3, 0.4) is 0 Å². The minimum absolute atomic E-state index is 0.109. The minimum Gasteiger partial charge on any atom is -0.336 e. The number of carbonyl (C=O) groups is 1. The van der Waals surface area contributed by atoms with E-state index >= 15 is 0 Å². The van der Waals surface area contributed by atoms with E-state index in [2.05, 4.69) is 15.6 Å². The number of rotatable bonds is 6. The van der Waals surface area contributed by atoms with Crippen molar-refractivity contribution in [3.63, 3.8) is 0 Å². The van der Waals surface area contributed by atoms with Crippen molar-refractivity contribution in [3.05, 3.63) is 89.7 Å². The van der Waals surface area contributed by atoms with Gasteiger partial charge in [0, 0.05) is 29.6 Å². The van der Waals surface area contributed by atoms with Gasteiger partial charge in [0.2, 0.25) is 0 Å². The molecule has 144 valence electrons. The molecule has 0 aliphatic rings. The Morgan fingerprint density at radius 3 is 2.36 bits per heavy atom. The van der Waals surface area contributed by atoms with Gasteiger partial charge in [-0.15, -0.1) is 0 Å². The predicted octanol–water partition coefficient (Wildman–Crippen LogP) is 4.07. The lowest BCUT2D eigenvalue weighted by molar-refractivity contribution is 0.252. The maximum absolute atomic E-state index is 13.1. The molecule has 0 spiro atoms. The molecule has 1 aromatic heterocycles. The summed E-state index contributed by atoms with van der Waals surface area (Å²) >= 11 is 5.83. The fraction of sp³-hybridized carbons (Fsp3) is 0.100. The Hall–Kier alpha value is -2.90. The Bertz CT molecular complexity index is 1030. The summed E-state index contributed by atoms with van der Waals surface area (Å²) in [5.41, 5.74) is 1.05. The summed E-state index contributed by atoms with van der Waals surface area (Å²) in [6.07, 6.45) is 3.06. The number of hydrogen-bond donors (Lipinski definition) is 2. The van der Waals surface area contributed by atoms with E-state index in [-0.39, 0.29) is 11.4 Å². The second-order valence-electron chi connectivity index (χ2n) is 5.97. The molecule has 1 heterocycles. The van der Waals surface area contributed by atoms with Gasteiger partial charge in [0.05, 0.1) is 4.90 Å². The molecule has 2 N–H and O–H groups in total. The SMILES string of the molecule is O=C(NC[C@@H](c1cccnc1)S(=O)(=O)c1ccccc1)Nc1ccc(Cl)cc1. The Morgan fingerprint density at radius 2 is 1.71 bits per heavy atom. The molecular weight excluding hydrogens is 398 g/mol. The molecule has 3 rings (SSSR count). The highest BCUT2D eigenvalue weighted by molar-refractivity contribution is 7.91. The molecule has 0 saturated heterocycles. The van der Waals surface area contributed by atoms with Gasteiger partial charge in [0.15, 0.2) is 9.84 Å². The summed E-state index contributed by atoms with van der Waals surface area (Å²) in [5.74, 6) is 0. The number of nitrogens with zero attached hydrogens (tertiary/aromatic N) is 1. The number of amides is 2. The van der Waals surface area contributed by atoms with E-state index in [1.54, 1.807) is 60.8 Å². The summed E-state index contributed by atoms with van der Waals surface area (Å²) < 4.78 is 26.3. The van der Waals surface area contributed by atoms with E-state index in [4.69, 9.17) is 11.6 Å². The molecule has 0 radical (unpaired) electrons. The second kappa shape index (κ2) is 8.86. The average Bonchev–Trinajstić information content (AvgIpc) is 2.71. The molecule has 0 aliphatic heterocycles. The van der Waals surface area contributed by atoms with Crippen molar-refractivity contribution < 1.29 is 13.2 Å². The van der Waals surface area contributed by atoms with Crippen molar-refractivity contribution in [3.8, 4) is 0 Å². The Labute approximate surface area is 168 Å². The van der Waals surface area contributed by atoms with Gasteiger partial charge in [0.25, 0.3) is 0 Å². The molecule has 8 heteroatoms. The van der Waals surface area contributed by atoms with Gasteiger partial charge in [-0.05, 0) is 48.0 Å². The number of aromatic nitrogens is 1. The van der Waals surface area contributed by atoms with Crippen molar-refractivity contribution in [1.29, 1.82) is 0 Å². The first-order valence-corrected chi connectivity index (χ1v) is 10.4. The van der Waals surface area contributed by atoms with Crippen LogP contribution in [-0.2, 0) is 9.84 Å². The maximum atomic E-state index is 13.1. The van der Waals surface area contributed by atoms with Crippen molar-refractivity contribution in [2.75, 3.05) is 11.9 Å². The number of hydrogen-bond acceptors (Lipinski definition) is 4. The lowest BCUT2D eigenvalue weighted by Crippen LogP contribution is -2.35. The number of anilines is 1. The number of nitrogens with one attached hydrogen (secondary N) is 2. The quantitative estimate of drug-likeness (QED) is 0.635. The molecule has 2 amide bonds. The van der Waals surface area contributed by atoms with E-state index in [1.807, 2.05) is 0 Å². The van der Waals surface area contributed by atoms with Gasteiger partial charge in [-0.25, -0.2) is 13.2 Å². The van der Waals surface area contributed by atoms with Crippen molar-refractivity contribution in [2.45, 2.75) is 10.1 Å². The van der Waals surface area contributed by atoms with Crippen LogP contribution in [0.1, 0.15) is 10.8 Å². The van der Waals surface area contributed by atoms with Gasteiger partial charge in [0.1, 0.15) is 5.25 Å². The normalized spacial score (nSPS) is 12.2. The molecular formula is C20H18ClN3O3S. The van der Waals surface area contributed by atoms with Crippen molar-refractivity contribution >= 4 is 33.2 Å². The fourth-order valence-corrected chi connectivity index (χ4v) is 4.43. The molecule has 0 aliphatic carbocycles. The fourth-order valence-electron chi connectivity index (χ4n) is 2.64. The average molecular weight is 416 g/mol. The van der Waals surface area contributed by atoms with Crippen molar-refractivity contribution in [1.82, 2.24) is 10.3 Å². The lowest BCUT2D eigenvalue weighted by Gasteiger charge is -2.19. The molecule has 0 saturated carbocycles. The Balaban J connectivity index is 1.78. The molecule has 0 bridgehead atoms. The zero-order chi connectivity index (χ0) is 20.0. The molecule has 6 nitrogen and oxygen atoms in total. The summed E-state index contributed by atoms with van der Waals surface area (Å²) in [6, 6.07) is 17.6. The van der Waals surface area contributed by atoms with E-state index in [9.17, 15) is 13.2 Å². The van der Waals surface area contributed by atoms with Crippen LogP contribution in [0.25, 0.3) is 0 Å². The number of pyridine rings is 1. The maximum Gasteiger partial charge on any atom is 0.319 e. The topological polar surface area (TPSA) is 88.2 Å². The predicted molar refractivity (Wildman–Crippen MR) is 109 cm³/mol. The molecule has 0 fully saturated rings. The van der Waals surface area contributed by atoms with Gasteiger partial charge in [-0.3, -0.25) is 4.98 Å². The van der Waals surface area contributed by atoms with Crippen molar-refractivity contribution in [2.24, 2.45) is 0 Å². The minimum atomic E-state index is -3.73. The molecule has 3 aromatic rings. The van der Waals surface area contributed by atoms with Gasteiger partial charge in [-0.2, -0.15) is 0 Å². The zero-order valence-electron chi connectivity index (χ0n) is 14.7. The van der Waals surface area contributed by atoms with E-state index in [0.717, 1.165) is 0 Å². The lowest BCUT2D eigenvalue weighted by atomic mass is 10.2. The highest BCUT2D eigenvalue weighted by Gasteiger charge is 2.29. The highest BCUT2D eigenvalue weighted by Crippen LogP contribution is 2.28. The van der Waals surface area contributed by atoms with E-state index in [1.165, 1.54) is 18.3 Å². The Morgan fingerprint density at radius 1 is 1.00 bits per heavy atom. The largest absolute Gasteiger partial charge is 0.336 e. The van der Waals surface area contributed by atoms with Crippen LogP contribution in [0, 0.1) is 0 Å². The highest BCUT2D eigenvalue weighted by atomic mass is 35.5. The third kappa shape index (κ3) is 4.88. The van der Waals surface area contributed by atoms with Crippen LogP contribution in [0.2, 0.25) is 5.02 Å². The molecule has 1 atom stereocenters. The third-order valence-corrected chi connectivity index (χ3v) is 6.42. The smallest absolute Gasteiger partial charge is 0.319 e. The van der Waals surface area contributed by atoms with Crippen LogP contribution < -0.4 is 10.6 Å². The van der Waals surface area contributed by atoms with Gasteiger partial charge >= 0.3 is 6.03 Å². The first-order chi connectivity index (χ1) is 13.5. The first-order valence-electron chi connectivity index (χ1n) is 8.46. The number of halogens is 1. The monoisotopic (exact) mass is 415 g/mol. The summed E-state index contributed by atoms with van der Waals surface area (Å²) in [6.45, 7) is -0.109. The van der Waals surface area contributed by atoms with E-state index in [0.29, 0.717) is 16.3 Å². The summed E-state index contributed by atoms with van der Waals surface area (Å²) in [5, 5.41) is 4.86. The van der Waals surface area contributed by atoms with Crippen LogP contribution in [0.15, 0.2) is 84.0 Å². The van der Waals surface area contributed by atoms with Crippen LogP contribution >= 0.6 is 11.6 Å². The van der Waals surface area contributed by atoms with Crippen LogP contribution in [0.5, 0.6) is 0 Å². The number of benzene rings is 2. The zero-order valence-corrected chi connectivity index (χ0v) is 16.3. The van der Waals surface area contributed by atoms with Crippen LogP contribution in [-0.4, -0.2) is 26.0 Å². The summed E-state index contributed by atoms with van der Waals surface area (Å²) in [7, 11) is -3.73. The second-order valence-corrected chi connectivity index (χ2v) is 8.54. The molecule has 2 aromatic carbocycles. The third-order valence-electron chi connectivity index (χ3n) is 4.05. The number of carbonyl (C=O) groups excluding carboxylic acids is 1. The molecule has 28 heavy (non-hydrogen) atoms. The van der Waals surface area contributed by atoms with Gasteiger partial charge in [-0.1, -0.05) is 35.9 Å². The van der Waals surface area contributed by atoms with Gasteiger partial charge < -0.3 is 10.6 Å². The first kappa shape index (κ1) is 19.9. The summed E-state index contributed by atoms with van der Waals surface area (Å²) in [4.78, 5) is 16.4.